The molecule has 0 saturated heterocycles. The van der Waals surface area contributed by atoms with Crippen molar-refractivity contribution >= 4 is 40.3 Å². The van der Waals surface area contributed by atoms with Crippen molar-refractivity contribution < 1.29 is 27.8 Å². The van der Waals surface area contributed by atoms with Gasteiger partial charge in [-0.25, -0.2) is 9.78 Å². The molecule has 9 nitrogen and oxygen atoms in total. The quantitative estimate of drug-likeness (QED) is 0.173. The Hall–Kier alpha value is -3.83. The summed E-state index contributed by atoms with van der Waals surface area (Å²) in [6, 6.07) is 15.5. The molecule has 0 bridgehead atoms. The number of carbonyl (C=O) groups excluding carboxylic acids is 2. The van der Waals surface area contributed by atoms with E-state index in [-0.39, 0.29) is 6.61 Å². The van der Waals surface area contributed by atoms with E-state index in [0.29, 0.717) is 16.3 Å². The molecule has 1 aromatic heterocycles. The van der Waals surface area contributed by atoms with Crippen LogP contribution in [0.4, 0.5) is 5.69 Å². The highest BCUT2D eigenvalue weighted by atomic mass is 35.5. The molecule has 214 valence electrons. The van der Waals surface area contributed by atoms with Gasteiger partial charge in [-0.15, -0.1) is 0 Å². The number of anilines is 1. The zero-order chi connectivity index (χ0) is 29.7. The molecular weight excluding hydrogens is 566 g/mol. The van der Waals surface area contributed by atoms with Crippen LogP contribution in [0.3, 0.4) is 0 Å². The van der Waals surface area contributed by atoms with Crippen LogP contribution in [0.25, 0.3) is 5.69 Å². The van der Waals surface area contributed by atoms with Crippen LogP contribution in [0.2, 0.25) is 5.02 Å². The molecule has 0 aliphatic rings. The maximum atomic E-state index is 13.1. The van der Waals surface area contributed by atoms with Crippen LogP contribution in [-0.2, 0) is 25.5 Å². The van der Waals surface area contributed by atoms with E-state index in [1.165, 1.54) is 19.2 Å². The van der Waals surface area contributed by atoms with Gasteiger partial charge in [-0.2, -0.15) is 0 Å². The Morgan fingerprint density at radius 1 is 1.05 bits per heavy atom. The predicted molar refractivity (Wildman–Crippen MR) is 156 cm³/mol. The number of Topliss-reactive ketones (excluding diaryl/α,β-unsaturated/α-hetero) is 1. The maximum absolute atomic E-state index is 13.1. The summed E-state index contributed by atoms with van der Waals surface area (Å²) in [6.07, 6.45) is 4.49. The summed E-state index contributed by atoms with van der Waals surface area (Å²) in [5.41, 5.74) is 5.63. The average molecular weight is 595 g/mol. The lowest BCUT2D eigenvalue weighted by atomic mass is 9.89. The van der Waals surface area contributed by atoms with Crippen LogP contribution >= 0.6 is 11.6 Å². The van der Waals surface area contributed by atoms with Gasteiger partial charge in [0.25, 0.3) is 0 Å². The van der Waals surface area contributed by atoms with Gasteiger partial charge in [0, 0.05) is 40.1 Å². The summed E-state index contributed by atoms with van der Waals surface area (Å²) in [4.78, 5) is 29.5. The third kappa shape index (κ3) is 7.09. The van der Waals surface area contributed by atoms with Gasteiger partial charge in [0.05, 0.1) is 25.5 Å². The van der Waals surface area contributed by atoms with Crippen LogP contribution in [0, 0.1) is 20.8 Å². The smallest absolute Gasteiger partial charge is 0.337 e. The number of rotatable bonds is 11. The number of aryl methyl sites for hydroxylation is 3. The Balaban J connectivity index is 1.69. The van der Waals surface area contributed by atoms with Crippen LogP contribution in [0.1, 0.15) is 44.3 Å². The summed E-state index contributed by atoms with van der Waals surface area (Å²) >= 11 is 3.23. The molecule has 4 aromatic rings. The number of methoxy groups -OCH3 is 1. The Kier molecular flexibility index (Phi) is 9.72. The van der Waals surface area contributed by atoms with E-state index in [9.17, 15) is 18.4 Å². The highest BCUT2D eigenvalue weighted by molar-refractivity contribution is 7.80. The fourth-order valence-corrected chi connectivity index (χ4v) is 5.32. The molecule has 11 heteroatoms. The summed E-state index contributed by atoms with van der Waals surface area (Å²) in [7, 11) is 1.33. The number of ether oxygens (including phenoxy) is 2. The number of nitrogens with zero attached hydrogens (tertiary/aromatic N) is 3. The Labute approximate surface area is 246 Å². The lowest BCUT2D eigenvalue weighted by Crippen LogP contribution is -2.33. The minimum absolute atomic E-state index is 0.307. The minimum atomic E-state index is -2.70. The predicted octanol–water partition coefficient (Wildman–Crippen LogP) is 5.21. The van der Waals surface area contributed by atoms with Crippen molar-refractivity contribution in [2.24, 2.45) is 0 Å². The summed E-state index contributed by atoms with van der Waals surface area (Å²) in [5, 5.41) is 0.445. The molecule has 0 aliphatic carbocycles. The van der Waals surface area contributed by atoms with Gasteiger partial charge in [0.15, 0.2) is 5.78 Å². The second-order valence-corrected chi connectivity index (χ2v) is 10.8. The number of hydrogen-bond acceptors (Lipinski definition) is 7. The molecule has 1 heterocycles. The standard InChI is InChI=1S/C30H30ClN3O6S/c1-19-5-8-25(33-12-11-32-18-33)15-27(19)29(28-20(2)13-22(14-21(28)3)30(36)39-4)40-17-26(35)16-34(41(37)38)24-9-6-23(31)7-10-24/h5-15,18,29H,16-17H2,1-4H3,(H,37,38)/p-1/t29-/m0/s1. The largest absolute Gasteiger partial charge is 0.755 e. The first-order chi connectivity index (χ1) is 19.6. The van der Waals surface area contributed by atoms with E-state index in [2.05, 4.69) is 4.98 Å². The molecule has 0 spiro atoms. The fourth-order valence-electron chi connectivity index (χ4n) is 4.65. The number of hydrogen-bond donors (Lipinski definition) is 0. The average Bonchev–Trinajstić information content (AvgIpc) is 3.48. The van der Waals surface area contributed by atoms with Gasteiger partial charge in [-0.1, -0.05) is 17.7 Å². The number of ketones is 1. The van der Waals surface area contributed by atoms with Gasteiger partial charge in [0.2, 0.25) is 0 Å². The molecule has 0 aliphatic heterocycles. The van der Waals surface area contributed by atoms with E-state index in [0.717, 1.165) is 37.8 Å². The van der Waals surface area contributed by atoms with Crippen LogP contribution in [0.5, 0.6) is 0 Å². The molecule has 0 amide bonds. The Bertz CT molecular complexity index is 1550. The van der Waals surface area contributed by atoms with E-state index in [1.54, 1.807) is 36.8 Å². The van der Waals surface area contributed by atoms with Crippen molar-refractivity contribution in [3.8, 4) is 5.69 Å². The van der Waals surface area contributed by atoms with Crippen LogP contribution in [0.15, 0.2) is 73.3 Å². The lowest BCUT2D eigenvalue weighted by molar-refractivity contribution is -0.123. The van der Waals surface area contributed by atoms with Gasteiger partial charge in [-0.05, 0) is 97.1 Å². The van der Waals surface area contributed by atoms with Crippen molar-refractivity contribution in [3.05, 3.63) is 112 Å². The van der Waals surface area contributed by atoms with Gasteiger partial charge >= 0.3 is 5.97 Å². The van der Waals surface area contributed by atoms with Crippen molar-refractivity contribution in [2.45, 2.75) is 26.9 Å². The van der Waals surface area contributed by atoms with E-state index < -0.39 is 35.7 Å². The number of imidazole rings is 1. The van der Waals surface area contributed by atoms with Gasteiger partial charge < -0.3 is 18.6 Å². The first-order valence-corrected chi connectivity index (χ1v) is 14.0. The Morgan fingerprint density at radius 2 is 1.73 bits per heavy atom. The van der Waals surface area contributed by atoms with Crippen molar-refractivity contribution in [1.29, 1.82) is 0 Å². The molecule has 4 rings (SSSR count). The number of esters is 1. The van der Waals surface area contributed by atoms with Crippen molar-refractivity contribution in [3.63, 3.8) is 0 Å². The Morgan fingerprint density at radius 3 is 2.32 bits per heavy atom. The number of benzene rings is 3. The third-order valence-corrected chi connectivity index (χ3v) is 7.60. The number of aromatic nitrogens is 2. The molecular formula is C30H29ClN3O6S-. The fraction of sp³-hybridized carbons (Fsp3) is 0.233. The molecule has 0 saturated carbocycles. The lowest BCUT2D eigenvalue weighted by Gasteiger charge is -2.27. The SMILES string of the molecule is COC(=O)c1cc(C)c([C@@H](OCC(=O)CN(c2ccc(Cl)cc2)S(=O)[O-])c2cc(-n3ccnc3)ccc2C)c(C)c1. The number of halogens is 1. The highest BCUT2D eigenvalue weighted by Crippen LogP contribution is 2.35. The topological polar surface area (TPSA) is 114 Å². The van der Waals surface area contributed by atoms with E-state index in [4.69, 9.17) is 21.1 Å². The summed E-state index contributed by atoms with van der Waals surface area (Å²) < 4.78 is 37.9. The summed E-state index contributed by atoms with van der Waals surface area (Å²) in [5.74, 6) is -0.902. The van der Waals surface area contributed by atoms with Crippen molar-refractivity contribution in [1.82, 2.24) is 9.55 Å². The zero-order valence-corrected chi connectivity index (χ0v) is 24.6. The van der Waals surface area contributed by atoms with Crippen LogP contribution in [-0.4, -0.2) is 50.3 Å². The second kappa shape index (κ2) is 13.2. The van der Waals surface area contributed by atoms with Crippen LogP contribution < -0.4 is 4.31 Å². The monoisotopic (exact) mass is 594 g/mol. The minimum Gasteiger partial charge on any atom is -0.755 e. The summed E-state index contributed by atoms with van der Waals surface area (Å²) in [6.45, 7) is 4.90. The molecule has 0 radical (unpaired) electrons. The van der Waals surface area contributed by atoms with E-state index in [1.807, 2.05) is 49.7 Å². The molecule has 1 unspecified atom stereocenters. The molecule has 41 heavy (non-hydrogen) atoms. The zero-order valence-electron chi connectivity index (χ0n) is 23.0. The third-order valence-electron chi connectivity index (χ3n) is 6.65. The molecule has 0 fully saturated rings. The number of carbonyl (C=O) groups is 2. The maximum Gasteiger partial charge on any atom is 0.337 e. The second-order valence-electron chi connectivity index (χ2n) is 9.49. The van der Waals surface area contributed by atoms with Crippen molar-refractivity contribution in [2.75, 3.05) is 24.6 Å². The molecule has 2 atom stereocenters. The van der Waals surface area contributed by atoms with Gasteiger partial charge in [0.1, 0.15) is 12.7 Å². The molecule has 0 N–H and O–H groups in total. The molecule has 3 aromatic carbocycles. The van der Waals surface area contributed by atoms with Gasteiger partial charge in [-0.3, -0.25) is 13.3 Å². The first kappa shape index (κ1) is 30.1. The normalized spacial score (nSPS) is 12.5. The highest BCUT2D eigenvalue weighted by Gasteiger charge is 2.25. The first-order valence-electron chi connectivity index (χ1n) is 12.6. The van der Waals surface area contributed by atoms with E-state index >= 15 is 0 Å².